The van der Waals surface area contributed by atoms with Crippen molar-refractivity contribution in [3.63, 3.8) is 0 Å². The Morgan fingerprint density at radius 2 is 1.79 bits per heavy atom. The van der Waals surface area contributed by atoms with Crippen LogP contribution in [0.5, 0.6) is 0 Å². The van der Waals surface area contributed by atoms with Gasteiger partial charge in [0, 0.05) is 6.54 Å². The zero-order valence-electron chi connectivity index (χ0n) is 18.9. The fraction of sp³-hybridized carbons (Fsp3) is 0.750. The number of carbonyl (C=O) groups is 4. The number of halogens is 1. The summed E-state index contributed by atoms with van der Waals surface area (Å²) < 4.78 is 0. The van der Waals surface area contributed by atoms with Gasteiger partial charge in [0.15, 0.2) is 11.7 Å². The number of hydrogen-bond donors (Lipinski definition) is 7. The molecule has 3 atom stereocenters. The van der Waals surface area contributed by atoms with Crippen molar-refractivity contribution < 1.29 is 19.2 Å². The fourth-order valence-corrected chi connectivity index (χ4v) is 3.57. The van der Waals surface area contributed by atoms with Gasteiger partial charge in [-0.05, 0) is 58.0 Å². The molecule has 1 saturated heterocycles. The number of Topliss-reactive ketones (excluding diaryl/α,β-unsaturated/α-hetero) is 1. The molecule has 12 nitrogen and oxygen atoms in total. The molecular weight excluding hydrogens is 452 g/mol. The molecule has 0 bridgehead atoms. The highest BCUT2D eigenvalue weighted by molar-refractivity contribution is 6.28. The Balaban J connectivity index is 2.67. The van der Waals surface area contributed by atoms with Crippen LogP contribution >= 0.6 is 11.6 Å². The number of rotatable bonds is 16. The van der Waals surface area contributed by atoms with Gasteiger partial charge in [-0.2, -0.15) is 0 Å². The zero-order chi connectivity index (χ0) is 24.6. The van der Waals surface area contributed by atoms with Gasteiger partial charge in [0.2, 0.25) is 17.7 Å². The summed E-state index contributed by atoms with van der Waals surface area (Å²) in [7, 11) is 0. The lowest BCUT2D eigenvalue weighted by atomic mass is 10.0. The van der Waals surface area contributed by atoms with Gasteiger partial charge in [0.1, 0.15) is 6.04 Å². The van der Waals surface area contributed by atoms with Gasteiger partial charge in [-0.15, -0.1) is 11.6 Å². The number of unbranched alkanes of at least 4 members (excludes halogenated alkanes) is 1. The first-order chi connectivity index (χ1) is 15.8. The highest BCUT2D eigenvalue weighted by atomic mass is 35.5. The minimum atomic E-state index is -0.881. The molecule has 3 amide bonds. The largest absolute Gasteiger partial charge is 0.370 e. The number of alkyl halides is 1. The van der Waals surface area contributed by atoms with E-state index in [2.05, 4.69) is 26.3 Å². The maximum absolute atomic E-state index is 12.9. The Morgan fingerprint density at radius 1 is 1.06 bits per heavy atom. The van der Waals surface area contributed by atoms with E-state index in [1.165, 1.54) is 0 Å². The molecule has 1 heterocycles. The minimum Gasteiger partial charge on any atom is -0.370 e. The van der Waals surface area contributed by atoms with Gasteiger partial charge in [-0.25, -0.2) is 0 Å². The van der Waals surface area contributed by atoms with E-state index in [9.17, 15) is 19.2 Å². The van der Waals surface area contributed by atoms with Gasteiger partial charge >= 0.3 is 0 Å². The van der Waals surface area contributed by atoms with E-state index in [-0.39, 0.29) is 36.1 Å². The molecular formula is C20H37ClN8O4. The quantitative estimate of drug-likeness (QED) is 0.0548. The van der Waals surface area contributed by atoms with Crippen LogP contribution in [0.3, 0.4) is 0 Å². The van der Waals surface area contributed by atoms with Gasteiger partial charge in [-0.3, -0.25) is 24.2 Å². The summed E-state index contributed by atoms with van der Waals surface area (Å²) >= 11 is 5.69. The molecule has 1 aliphatic heterocycles. The predicted molar refractivity (Wildman–Crippen MR) is 126 cm³/mol. The highest BCUT2D eigenvalue weighted by Gasteiger charge is 2.27. The zero-order valence-corrected chi connectivity index (χ0v) is 19.7. The number of aliphatic imine (C=N–C) groups is 1. The molecule has 33 heavy (non-hydrogen) atoms. The summed E-state index contributed by atoms with van der Waals surface area (Å²) in [4.78, 5) is 53.4. The van der Waals surface area contributed by atoms with Crippen molar-refractivity contribution in [2.75, 3.05) is 32.1 Å². The van der Waals surface area contributed by atoms with Gasteiger partial charge in [0.05, 0.1) is 24.5 Å². The lowest BCUT2D eigenvalue weighted by Crippen LogP contribution is -2.53. The van der Waals surface area contributed by atoms with Crippen molar-refractivity contribution in [2.45, 2.75) is 63.1 Å². The predicted octanol–water partition coefficient (Wildman–Crippen LogP) is -2.19. The summed E-state index contributed by atoms with van der Waals surface area (Å²) in [5, 5.41) is 10.9. The third kappa shape index (κ3) is 11.8. The van der Waals surface area contributed by atoms with Crippen LogP contribution in [0.15, 0.2) is 4.99 Å². The van der Waals surface area contributed by atoms with E-state index in [1.54, 1.807) is 0 Å². The molecule has 1 fully saturated rings. The maximum Gasteiger partial charge on any atom is 0.243 e. The number of nitrogens with one attached hydrogen (secondary N) is 4. The average Bonchev–Trinajstić information content (AvgIpc) is 3.33. The first-order valence-corrected chi connectivity index (χ1v) is 11.8. The second-order valence-electron chi connectivity index (χ2n) is 7.88. The Morgan fingerprint density at radius 3 is 2.39 bits per heavy atom. The van der Waals surface area contributed by atoms with Crippen LogP contribution < -0.4 is 38.5 Å². The molecule has 188 valence electrons. The Labute approximate surface area is 199 Å². The number of amides is 3. The Hall–Kier alpha value is -2.44. The Bertz CT molecular complexity index is 681. The summed E-state index contributed by atoms with van der Waals surface area (Å²) in [5.74, 6) is -1.92. The van der Waals surface area contributed by atoms with Gasteiger partial charge < -0.3 is 38.5 Å². The molecule has 1 rings (SSSR count). The molecule has 1 aliphatic rings. The van der Waals surface area contributed by atoms with E-state index in [0.29, 0.717) is 45.2 Å². The van der Waals surface area contributed by atoms with Crippen molar-refractivity contribution >= 4 is 41.1 Å². The molecule has 13 heteroatoms. The van der Waals surface area contributed by atoms with Crippen LogP contribution in [0.1, 0.15) is 44.9 Å². The number of carbonyl (C=O) groups excluding carboxylic acids is 4. The molecule has 0 aromatic carbocycles. The summed E-state index contributed by atoms with van der Waals surface area (Å²) in [6.07, 6.45) is 3.98. The fourth-order valence-electron chi connectivity index (χ4n) is 3.39. The third-order valence-electron chi connectivity index (χ3n) is 5.18. The molecule has 0 unspecified atom stereocenters. The second-order valence-corrected chi connectivity index (χ2v) is 8.15. The van der Waals surface area contributed by atoms with Crippen LogP contribution in [0.25, 0.3) is 0 Å². The SMILES string of the molecule is NCCCC[C@H](NC(=O)CNC(=O)[C@@H]1CCCN1)C(=O)N[C@@H](CCCN=C(N)N)C(=O)CCl. The lowest BCUT2D eigenvalue weighted by molar-refractivity contribution is -0.132. The van der Waals surface area contributed by atoms with E-state index >= 15 is 0 Å². The number of ketones is 1. The van der Waals surface area contributed by atoms with Crippen molar-refractivity contribution in [1.29, 1.82) is 0 Å². The van der Waals surface area contributed by atoms with Crippen molar-refractivity contribution in [1.82, 2.24) is 21.3 Å². The van der Waals surface area contributed by atoms with Crippen molar-refractivity contribution in [3.8, 4) is 0 Å². The molecule has 0 radical (unpaired) electrons. The summed E-state index contributed by atoms with van der Waals surface area (Å²) in [5.41, 5.74) is 16.1. The molecule has 10 N–H and O–H groups in total. The number of nitrogens with zero attached hydrogens (tertiary/aromatic N) is 1. The molecule has 0 spiro atoms. The smallest absolute Gasteiger partial charge is 0.243 e. The van der Waals surface area contributed by atoms with Crippen molar-refractivity contribution in [2.24, 2.45) is 22.2 Å². The van der Waals surface area contributed by atoms with Crippen molar-refractivity contribution in [3.05, 3.63) is 0 Å². The van der Waals surface area contributed by atoms with Gasteiger partial charge in [-0.1, -0.05) is 0 Å². The standard InChI is InChI=1S/C20H37ClN8O4/c21-11-16(30)13(6-3-10-26-20(23)24)29-19(33)15(5-1-2-8-22)28-17(31)12-27-18(32)14-7-4-9-25-14/h13-15,25H,1-12,22H2,(H,27,32)(H,28,31)(H,29,33)(H4,23,24,26)/t13-,14-,15-/m0/s1. The first kappa shape index (κ1) is 28.6. The normalized spacial score (nSPS) is 17.0. The molecule has 0 aromatic rings. The van der Waals surface area contributed by atoms with E-state index < -0.39 is 23.9 Å². The first-order valence-electron chi connectivity index (χ1n) is 11.2. The van der Waals surface area contributed by atoms with E-state index in [4.69, 9.17) is 28.8 Å². The van der Waals surface area contributed by atoms with Crippen LogP contribution in [-0.4, -0.2) is 79.6 Å². The van der Waals surface area contributed by atoms with Crippen LogP contribution in [0, 0.1) is 0 Å². The van der Waals surface area contributed by atoms with Crippen LogP contribution in [0.4, 0.5) is 0 Å². The maximum atomic E-state index is 12.9. The van der Waals surface area contributed by atoms with Crippen LogP contribution in [-0.2, 0) is 19.2 Å². The van der Waals surface area contributed by atoms with E-state index in [1.807, 2.05) is 0 Å². The molecule has 0 aromatic heterocycles. The topological polar surface area (TPSA) is 207 Å². The second kappa shape index (κ2) is 16.2. The monoisotopic (exact) mass is 488 g/mol. The van der Waals surface area contributed by atoms with Crippen LogP contribution in [0.2, 0.25) is 0 Å². The number of guanidine groups is 1. The summed E-state index contributed by atoms with van der Waals surface area (Å²) in [6.45, 7) is 1.27. The minimum absolute atomic E-state index is 0.0576. The summed E-state index contributed by atoms with van der Waals surface area (Å²) in [6, 6.07) is -2.01. The van der Waals surface area contributed by atoms with Gasteiger partial charge in [0.25, 0.3) is 0 Å². The molecule has 0 saturated carbocycles. The number of nitrogens with two attached hydrogens (primary N) is 3. The molecule has 0 aliphatic carbocycles. The number of hydrogen-bond acceptors (Lipinski definition) is 7. The lowest BCUT2D eigenvalue weighted by Gasteiger charge is -2.23. The average molecular weight is 489 g/mol. The Kier molecular flexibility index (Phi) is 14.1. The third-order valence-corrected chi connectivity index (χ3v) is 5.44. The highest BCUT2D eigenvalue weighted by Crippen LogP contribution is 2.06. The van der Waals surface area contributed by atoms with E-state index in [0.717, 1.165) is 19.4 Å².